The summed E-state index contributed by atoms with van der Waals surface area (Å²) in [4.78, 5) is 14.3. The van der Waals surface area contributed by atoms with Crippen LogP contribution in [0.25, 0.3) is 0 Å². The van der Waals surface area contributed by atoms with Crippen molar-refractivity contribution in [2.45, 2.75) is 0 Å². The summed E-state index contributed by atoms with van der Waals surface area (Å²) in [5.74, 6) is 0.111. The summed E-state index contributed by atoms with van der Waals surface area (Å²) < 4.78 is 0.779. The molecule has 0 saturated heterocycles. The van der Waals surface area contributed by atoms with Crippen LogP contribution in [0.4, 0.5) is 17.2 Å². The number of pyridine rings is 1. The minimum absolute atomic E-state index is 0.111. The smallest absolute Gasteiger partial charge is 0.311 e. The average Bonchev–Trinajstić information content (AvgIpc) is 2.32. The zero-order valence-electron chi connectivity index (χ0n) is 8.93. The Kier molecular flexibility index (Phi) is 3.78. The summed E-state index contributed by atoms with van der Waals surface area (Å²) in [5.41, 5.74) is 0.547. The molecule has 1 aromatic heterocycles. The highest BCUT2D eigenvalue weighted by Crippen LogP contribution is 2.30. The van der Waals surface area contributed by atoms with Gasteiger partial charge in [-0.3, -0.25) is 10.1 Å². The lowest BCUT2D eigenvalue weighted by atomic mass is 10.3. The number of nitro groups is 1. The zero-order valence-corrected chi connectivity index (χ0v) is 11.3. The molecular formula is C11H7BrClN3O2. The Labute approximate surface area is 116 Å². The first-order valence-corrected chi connectivity index (χ1v) is 6.07. The number of nitrogens with zero attached hydrogens (tertiary/aromatic N) is 2. The van der Waals surface area contributed by atoms with Crippen LogP contribution in [0.2, 0.25) is 5.15 Å². The van der Waals surface area contributed by atoms with E-state index in [1.165, 1.54) is 12.1 Å². The highest BCUT2D eigenvalue weighted by Gasteiger charge is 2.16. The number of nitrogens with one attached hydrogen (secondary N) is 1. The molecule has 0 spiro atoms. The van der Waals surface area contributed by atoms with E-state index in [9.17, 15) is 10.1 Å². The van der Waals surface area contributed by atoms with Gasteiger partial charge < -0.3 is 5.32 Å². The lowest BCUT2D eigenvalue weighted by Crippen LogP contribution is -2.00. The van der Waals surface area contributed by atoms with E-state index in [4.69, 9.17) is 11.6 Å². The molecule has 0 fully saturated rings. The van der Waals surface area contributed by atoms with Crippen LogP contribution in [0.5, 0.6) is 0 Å². The van der Waals surface area contributed by atoms with Crippen molar-refractivity contribution in [3.63, 3.8) is 0 Å². The maximum absolute atomic E-state index is 10.9. The van der Waals surface area contributed by atoms with Crippen molar-refractivity contribution in [2.24, 2.45) is 0 Å². The summed E-state index contributed by atoms with van der Waals surface area (Å²) in [7, 11) is 0. The van der Waals surface area contributed by atoms with Gasteiger partial charge in [-0.05, 0) is 34.1 Å². The summed E-state index contributed by atoms with van der Waals surface area (Å²) in [6.45, 7) is 0. The van der Waals surface area contributed by atoms with Crippen LogP contribution in [0.15, 0.2) is 40.9 Å². The van der Waals surface area contributed by atoms with E-state index in [2.05, 4.69) is 26.2 Å². The van der Waals surface area contributed by atoms with Crippen LogP contribution in [0.3, 0.4) is 0 Å². The SMILES string of the molecule is O=[N+]([O-])c1ccc(Cl)nc1Nc1ccccc1Br. The van der Waals surface area contributed by atoms with E-state index in [-0.39, 0.29) is 16.7 Å². The fourth-order valence-corrected chi connectivity index (χ4v) is 1.89. The molecule has 0 aliphatic rings. The number of hydrogen-bond donors (Lipinski definition) is 1. The van der Waals surface area contributed by atoms with Crippen LogP contribution >= 0.6 is 27.5 Å². The van der Waals surface area contributed by atoms with Crippen LogP contribution in [-0.4, -0.2) is 9.91 Å². The molecule has 1 N–H and O–H groups in total. The number of anilines is 2. The molecule has 18 heavy (non-hydrogen) atoms. The third-order valence-corrected chi connectivity index (χ3v) is 3.07. The molecule has 0 amide bonds. The van der Waals surface area contributed by atoms with Gasteiger partial charge >= 0.3 is 5.69 Å². The van der Waals surface area contributed by atoms with Crippen molar-refractivity contribution in [1.29, 1.82) is 0 Å². The number of para-hydroxylation sites is 1. The van der Waals surface area contributed by atoms with Gasteiger partial charge in [0.05, 0.1) is 10.6 Å². The summed E-state index contributed by atoms with van der Waals surface area (Å²) >= 11 is 9.08. The van der Waals surface area contributed by atoms with Crippen LogP contribution in [-0.2, 0) is 0 Å². The molecule has 7 heteroatoms. The fraction of sp³-hybridized carbons (Fsp3) is 0. The van der Waals surface area contributed by atoms with Crippen molar-refractivity contribution < 1.29 is 4.92 Å². The molecule has 0 radical (unpaired) electrons. The second kappa shape index (κ2) is 5.32. The topological polar surface area (TPSA) is 68.1 Å². The Morgan fingerprint density at radius 2 is 2.00 bits per heavy atom. The molecule has 1 aromatic carbocycles. The Morgan fingerprint density at radius 3 is 2.67 bits per heavy atom. The van der Waals surface area contributed by atoms with Gasteiger partial charge in [-0.25, -0.2) is 4.98 Å². The summed E-state index contributed by atoms with van der Waals surface area (Å²) in [5, 5.41) is 13.9. The van der Waals surface area contributed by atoms with Crippen molar-refractivity contribution in [1.82, 2.24) is 4.98 Å². The van der Waals surface area contributed by atoms with E-state index >= 15 is 0 Å². The highest BCUT2D eigenvalue weighted by atomic mass is 79.9. The van der Waals surface area contributed by atoms with Crippen molar-refractivity contribution in [3.8, 4) is 0 Å². The van der Waals surface area contributed by atoms with Gasteiger partial charge in [0.1, 0.15) is 5.15 Å². The van der Waals surface area contributed by atoms with Gasteiger partial charge in [-0.1, -0.05) is 23.7 Å². The van der Waals surface area contributed by atoms with E-state index in [0.717, 1.165) is 4.47 Å². The molecule has 0 unspecified atom stereocenters. The minimum Gasteiger partial charge on any atom is -0.333 e. The lowest BCUT2D eigenvalue weighted by Gasteiger charge is -2.08. The van der Waals surface area contributed by atoms with Crippen molar-refractivity contribution in [3.05, 3.63) is 56.1 Å². The molecular weight excluding hydrogens is 321 g/mol. The van der Waals surface area contributed by atoms with Gasteiger partial charge in [-0.2, -0.15) is 0 Å². The van der Waals surface area contributed by atoms with Crippen molar-refractivity contribution >= 4 is 44.7 Å². The Balaban J connectivity index is 2.42. The molecule has 0 aliphatic carbocycles. The molecule has 92 valence electrons. The number of benzene rings is 1. The van der Waals surface area contributed by atoms with Gasteiger partial charge in [0.25, 0.3) is 0 Å². The molecule has 0 saturated carbocycles. The van der Waals surface area contributed by atoms with Gasteiger partial charge in [0, 0.05) is 10.5 Å². The van der Waals surface area contributed by atoms with Crippen molar-refractivity contribution in [2.75, 3.05) is 5.32 Å². The Bertz CT molecular complexity index is 607. The molecule has 2 aromatic rings. The monoisotopic (exact) mass is 327 g/mol. The largest absolute Gasteiger partial charge is 0.333 e. The molecule has 2 rings (SSSR count). The summed E-state index contributed by atoms with van der Waals surface area (Å²) in [6.07, 6.45) is 0. The first-order valence-electron chi connectivity index (χ1n) is 4.90. The minimum atomic E-state index is -0.511. The predicted octanol–water partition coefficient (Wildman–Crippen LogP) is 4.15. The quantitative estimate of drug-likeness (QED) is 0.522. The number of aromatic nitrogens is 1. The molecule has 0 bridgehead atoms. The molecule has 1 heterocycles. The maximum atomic E-state index is 10.9. The fourth-order valence-electron chi connectivity index (χ4n) is 1.36. The highest BCUT2D eigenvalue weighted by molar-refractivity contribution is 9.10. The average molecular weight is 329 g/mol. The van der Waals surface area contributed by atoms with E-state index in [1.54, 1.807) is 6.07 Å². The van der Waals surface area contributed by atoms with Crippen LogP contribution < -0.4 is 5.32 Å². The maximum Gasteiger partial charge on any atom is 0.311 e. The third kappa shape index (κ3) is 2.77. The lowest BCUT2D eigenvalue weighted by molar-refractivity contribution is -0.384. The van der Waals surface area contributed by atoms with E-state index in [1.807, 2.05) is 18.2 Å². The zero-order chi connectivity index (χ0) is 13.1. The number of rotatable bonds is 3. The van der Waals surface area contributed by atoms with Crippen LogP contribution in [0.1, 0.15) is 0 Å². The molecule has 0 atom stereocenters. The number of halogens is 2. The Morgan fingerprint density at radius 1 is 1.28 bits per heavy atom. The standard InChI is InChI=1S/C11H7BrClN3O2/c12-7-3-1-2-4-8(7)14-11-9(16(17)18)5-6-10(13)15-11/h1-6H,(H,14,15). The predicted molar refractivity (Wildman–Crippen MR) is 73.3 cm³/mol. The summed E-state index contributed by atoms with van der Waals surface area (Å²) in [6, 6.07) is 9.94. The molecule has 0 aliphatic heterocycles. The van der Waals surface area contributed by atoms with Crippen LogP contribution in [0, 0.1) is 10.1 Å². The normalized spacial score (nSPS) is 10.1. The van der Waals surface area contributed by atoms with Gasteiger partial charge in [0.15, 0.2) is 0 Å². The second-order valence-corrected chi connectivity index (χ2v) is 4.61. The van der Waals surface area contributed by atoms with E-state index < -0.39 is 4.92 Å². The van der Waals surface area contributed by atoms with E-state index in [0.29, 0.717) is 5.69 Å². The van der Waals surface area contributed by atoms with Gasteiger partial charge in [0.2, 0.25) is 5.82 Å². The first-order chi connectivity index (χ1) is 8.58. The Hall–Kier alpha value is -1.66. The molecule has 5 nitrogen and oxygen atoms in total. The third-order valence-electron chi connectivity index (χ3n) is 2.16. The second-order valence-electron chi connectivity index (χ2n) is 3.36. The first kappa shape index (κ1) is 12.8. The number of hydrogen-bond acceptors (Lipinski definition) is 4. The van der Waals surface area contributed by atoms with Gasteiger partial charge in [-0.15, -0.1) is 0 Å².